The summed E-state index contributed by atoms with van der Waals surface area (Å²) in [4.78, 5) is 22.5. The summed E-state index contributed by atoms with van der Waals surface area (Å²) in [6.07, 6.45) is 3.60. The topological polar surface area (TPSA) is 95.6 Å². The number of nitrogens with two attached hydrogens (primary N) is 1. The van der Waals surface area contributed by atoms with E-state index in [0.717, 1.165) is 43.3 Å². The van der Waals surface area contributed by atoms with Gasteiger partial charge in [-0.2, -0.15) is 0 Å². The molecule has 0 aliphatic carbocycles. The van der Waals surface area contributed by atoms with Gasteiger partial charge in [-0.25, -0.2) is 4.98 Å². The molecule has 1 fully saturated rings. The van der Waals surface area contributed by atoms with Gasteiger partial charge in [0, 0.05) is 45.0 Å². The van der Waals surface area contributed by atoms with E-state index in [-0.39, 0.29) is 35.8 Å². The largest absolute Gasteiger partial charge is 0.369 e. The molecule has 7 nitrogen and oxygen atoms in total. The lowest BCUT2D eigenvalue weighted by molar-refractivity contribution is -0.122. The molecule has 1 aromatic rings. The maximum Gasteiger partial charge on any atom is 0.222 e. The third-order valence-electron chi connectivity index (χ3n) is 4.34. The van der Waals surface area contributed by atoms with Gasteiger partial charge >= 0.3 is 0 Å². The summed E-state index contributed by atoms with van der Waals surface area (Å²) in [7, 11) is 1.77. The van der Waals surface area contributed by atoms with Crippen LogP contribution in [0.25, 0.3) is 0 Å². The van der Waals surface area contributed by atoms with Crippen molar-refractivity contribution in [1.82, 2.24) is 15.6 Å². The van der Waals surface area contributed by atoms with Crippen molar-refractivity contribution >= 4 is 41.7 Å². The number of nitrogens with one attached hydrogen (secondary N) is 2. The maximum atomic E-state index is 11.5. The molecule has 26 heavy (non-hydrogen) atoms. The Morgan fingerprint density at radius 1 is 1.46 bits per heavy atom. The van der Waals surface area contributed by atoms with Gasteiger partial charge in [-0.05, 0) is 24.8 Å². The van der Waals surface area contributed by atoms with Crippen molar-refractivity contribution in [1.29, 1.82) is 0 Å². The lowest BCUT2D eigenvalue weighted by Crippen LogP contribution is -2.42. The van der Waals surface area contributed by atoms with E-state index >= 15 is 0 Å². The van der Waals surface area contributed by atoms with Crippen molar-refractivity contribution in [2.75, 3.05) is 31.6 Å². The van der Waals surface area contributed by atoms with Gasteiger partial charge < -0.3 is 21.3 Å². The number of hydrogen-bond acceptors (Lipinski definition) is 4. The maximum absolute atomic E-state index is 11.5. The minimum Gasteiger partial charge on any atom is -0.369 e. The number of rotatable bonds is 6. The summed E-state index contributed by atoms with van der Waals surface area (Å²) in [5.74, 6) is 1.92. The average molecular weight is 474 g/mol. The molecule has 0 bridgehead atoms. The first-order valence-corrected chi connectivity index (χ1v) is 8.94. The normalized spacial score (nSPS) is 17.6. The van der Waals surface area contributed by atoms with E-state index in [1.807, 2.05) is 6.07 Å². The predicted octanol–water partition coefficient (Wildman–Crippen LogP) is 1.72. The fourth-order valence-electron chi connectivity index (χ4n) is 2.96. The summed E-state index contributed by atoms with van der Waals surface area (Å²) in [6, 6.07) is 3.99. The fraction of sp³-hybridized carbons (Fsp3) is 0.611. The summed E-state index contributed by atoms with van der Waals surface area (Å²) in [6.45, 7) is 7.34. The van der Waals surface area contributed by atoms with E-state index in [0.29, 0.717) is 19.0 Å². The number of carbonyl (C=O) groups excluding carboxylic acids is 1. The minimum atomic E-state index is -0.224. The summed E-state index contributed by atoms with van der Waals surface area (Å²) in [5.41, 5.74) is 6.58. The molecular weight excluding hydrogens is 443 g/mol. The Kier molecular flexibility index (Phi) is 9.68. The van der Waals surface area contributed by atoms with Gasteiger partial charge in [0.1, 0.15) is 5.82 Å². The van der Waals surface area contributed by atoms with Gasteiger partial charge in [-0.3, -0.25) is 9.79 Å². The second-order valence-corrected chi connectivity index (χ2v) is 6.87. The Bertz CT molecular complexity index is 607. The number of halogens is 1. The Hall–Kier alpha value is -1.58. The van der Waals surface area contributed by atoms with E-state index in [1.54, 1.807) is 13.2 Å². The summed E-state index contributed by atoms with van der Waals surface area (Å²) >= 11 is 0. The number of amides is 1. The van der Waals surface area contributed by atoms with Gasteiger partial charge in [-0.1, -0.05) is 19.9 Å². The van der Waals surface area contributed by atoms with E-state index < -0.39 is 0 Å². The Morgan fingerprint density at radius 2 is 2.23 bits per heavy atom. The summed E-state index contributed by atoms with van der Waals surface area (Å²) in [5, 5.41) is 6.64. The number of aromatic nitrogens is 1. The zero-order chi connectivity index (χ0) is 18.2. The number of guanidine groups is 1. The number of piperidine rings is 1. The van der Waals surface area contributed by atoms with Crippen LogP contribution in [0.15, 0.2) is 23.3 Å². The molecule has 1 aromatic heterocycles. The van der Waals surface area contributed by atoms with Gasteiger partial charge in [-0.15, -0.1) is 24.0 Å². The molecule has 2 rings (SSSR count). The number of primary amides is 1. The molecule has 146 valence electrons. The smallest absolute Gasteiger partial charge is 0.222 e. The van der Waals surface area contributed by atoms with Crippen LogP contribution in [0.1, 0.15) is 32.3 Å². The zero-order valence-electron chi connectivity index (χ0n) is 15.9. The first-order valence-electron chi connectivity index (χ1n) is 8.94. The van der Waals surface area contributed by atoms with Crippen LogP contribution in [-0.2, 0) is 11.3 Å². The average Bonchev–Trinajstić information content (AvgIpc) is 2.62. The molecule has 0 radical (unpaired) electrons. The number of anilines is 1. The Balaban J connectivity index is 0.00000338. The number of hydrogen-bond donors (Lipinski definition) is 3. The molecule has 0 saturated carbocycles. The van der Waals surface area contributed by atoms with Crippen molar-refractivity contribution in [3.05, 3.63) is 23.9 Å². The van der Waals surface area contributed by atoms with Crippen LogP contribution in [0.4, 0.5) is 5.82 Å². The molecule has 2 heterocycles. The first kappa shape index (κ1) is 22.5. The van der Waals surface area contributed by atoms with Crippen molar-refractivity contribution in [2.24, 2.45) is 22.6 Å². The van der Waals surface area contributed by atoms with Crippen molar-refractivity contribution in [3.8, 4) is 0 Å². The lowest BCUT2D eigenvalue weighted by Gasteiger charge is -2.33. The highest BCUT2D eigenvalue weighted by Crippen LogP contribution is 2.24. The van der Waals surface area contributed by atoms with E-state index in [9.17, 15) is 4.79 Å². The molecule has 0 aromatic carbocycles. The van der Waals surface area contributed by atoms with Crippen LogP contribution >= 0.6 is 24.0 Å². The van der Waals surface area contributed by atoms with Crippen LogP contribution in [0.2, 0.25) is 0 Å². The van der Waals surface area contributed by atoms with E-state index in [1.165, 1.54) is 0 Å². The Labute approximate surface area is 173 Å². The zero-order valence-corrected chi connectivity index (χ0v) is 18.2. The van der Waals surface area contributed by atoms with Crippen LogP contribution < -0.4 is 21.3 Å². The van der Waals surface area contributed by atoms with Gasteiger partial charge in [0.15, 0.2) is 5.96 Å². The first-order chi connectivity index (χ1) is 12.0. The molecule has 0 spiro atoms. The highest BCUT2D eigenvalue weighted by molar-refractivity contribution is 14.0. The van der Waals surface area contributed by atoms with E-state index in [2.05, 4.69) is 45.4 Å². The highest BCUT2D eigenvalue weighted by Gasteiger charge is 2.25. The third kappa shape index (κ3) is 6.62. The molecule has 1 aliphatic rings. The van der Waals surface area contributed by atoms with E-state index in [4.69, 9.17) is 5.73 Å². The van der Waals surface area contributed by atoms with Crippen LogP contribution in [-0.4, -0.2) is 43.5 Å². The quantitative estimate of drug-likeness (QED) is 0.332. The minimum absolute atomic E-state index is 0. The second kappa shape index (κ2) is 11.2. The van der Waals surface area contributed by atoms with Crippen LogP contribution in [0, 0.1) is 11.8 Å². The van der Waals surface area contributed by atoms with Gasteiger partial charge in [0.25, 0.3) is 0 Å². The number of pyridine rings is 1. The Morgan fingerprint density at radius 3 is 2.88 bits per heavy atom. The molecule has 1 unspecified atom stereocenters. The molecule has 1 aliphatic heterocycles. The monoisotopic (exact) mass is 474 g/mol. The van der Waals surface area contributed by atoms with Crippen molar-refractivity contribution in [3.63, 3.8) is 0 Å². The lowest BCUT2D eigenvalue weighted by atomic mass is 9.97. The van der Waals surface area contributed by atoms with Crippen LogP contribution in [0.3, 0.4) is 0 Å². The molecule has 1 amide bonds. The standard InChI is InChI=1S/C18H30N6O.HI/c1-13(2)10-22-18(20-3)23-11-14-6-4-8-21-17(14)24-9-5-7-15(12-24)16(19)25;/h4,6,8,13,15H,5,7,9-12H2,1-3H3,(H2,19,25)(H2,20,22,23);1H. The number of nitrogens with zero attached hydrogens (tertiary/aromatic N) is 3. The van der Waals surface area contributed by atoms with Crippen LogP contribution in [0.5, 0.6) is 0 Å². The van der Waals surface area contributed by atoms with Gasteiger partial charge in [0.2, 0.25) is 5.91 Å². The fourth-order valence-corrected chi connectivity index (χ4v) is 2.96. The summed E-state index contributed by atoms with van der Waals surface area (Å²) < 4.78 is 0. The molecule has 1 atom stereocenters. The molecule has 8 heteroatoms. The molecule has 1 saturated heterocycles. The number of aliphatic imine (C=N–C) groups is 1. The predicted molar refractivity (Wildman–Crippen MR) is 117 cm³/mol. The highest BCUT2D eigenvalue weighted by atomic mass is 127. The number of carbonyl (C=O) groups is 1. The van der Waals surface area contributed by atoms with Crippen molar-refractivity contribution in [2.45, 2.75) is 33.2 Å². The van der Waals surface area contributed by atoms with Gasteiger partial charge in [0.05, 0.1) is 5.92 Å². The van der Waals surface area contributed by atoms with Crippen molar-refractivity contribution < 1.29 is 4.79 Å². The molecule has 4 N–H and O–H groups in total. The SMILES string of the molecule is CN=C(NCc1cccnc1N1CCCC(C(N)=O)C1)NCC(C)C.I. The third-order valence-corrected chi connectivity index (χ3v) is 4.34. The second-order valence-electron chi connectivity index (χ2n) is 6.87. The molecular formula is C18H31IN6O.